The van der Waals surface area contributed by atoms with Crippen LogP contribution in [0.2, 0.25) is 0 Å². The molecule has 0 aliphatic heterocycles. The minimum absolute atomic E-state index is 0.0550. The van der Waals surface area contributed by atoms with E-state index in [0.717, 1.165) is 17.7 Å². The van der Waals surface area contributed by atoms with E-state index in [1.54, 1.807) is 20.0 Å². The zero-order valence-electron chi connectivity index (χ0n) is 12.5. The predicted octanol–water partition coefficient (Wildman–Crippen LogP) is 1.71. The summed E-state index contributed by atoms with van der Waals surface area (Å²) in [6, 6.07) is 7.72. The standard InChI is InChI=1S/C15H20N4O2/c1-4-11-6-5-7-12(8-11)16-14(20)10-19-9-13(17-18-19)15(2,3)21/h5-9,21H,4,10H2,1-3H3,(H,16,20). The number of carbonyl (C=O) groups excluding carboxylic acids is 1. The molecular formula is C15H20N4O2. The number of aryl methyl sites for hydroxylation is 1. The van der Waals surface area contributed by atoms with Crippen LogP contribution in [0.5, 0.6) is 0 Å². The summed E-state index contributed by atoms with van der Waals surface area (Å²) >= 11 is 0. The smallest absolute Gasteiger partial charge is 0.246 e. The van der Waals surface area contributed by atoms with Gasteiger partial charge in [-0.25, -0.2) is 4.68 Å². The maximum atomic E-state index is 12.0. The predicted molar refractivity (Wildman–Crippen MR) is 79.7 cm³/mol. The molecule has 1 aromatic carbocycles. The molecule has 112 valence electrons. The summed E-state index contributed by atoms with van der Waals surface area (Å²) in [5.41, 5.74) is 1.30. The minimum Gasteiger partial charge on any atom is -0.384 e. The number of nitrogens with zero attached hydrogens (tertiary/aromatic N) is 3. The fourth-order valence-corrected chi connectivity index (χ4v) is 1.87. The average Bonchev–Trinajstić information content (AvgIpc) is 2.87. The molecule has 6 nitrogen and oxygen atoms in total. The van der Waals surface area contributed by atoms with E-state index < -0.39 is 5.60 Å². The summed E-state index contributed by atoms with van der Waals surface area (Å²) in [5, 5.41) is 20.3. The number of amides is 1. The molecule has 0 saturated carbocycles. The highest BCUT2D eigenvalue weighted by atomic mass is 16.3. The van der Waals surface area contributed by atoms with Crippen LogP contribution < -0.4 is 5.32 Å². The Hall–Kier alpha value is -2.21. The van der Waals surface area contributed by atoms with Crippen molar-refractivity contribution in [3.63, 3.8) is 0 Å². The average molecular weight is 288 g/mol. The normalized spacial score (nSPS) is 11.4. The topological polar surface area (TPSA) is 80.0 Å². The maximum absolute atomic E-state index is 12.0. The summed E-state index contributed by atoms with van der Waals surface area (Å²) < 4.78 is 1.41. The van der Waals surface area contributed by atoms with Crippen LogP contribution in [0.4, 0.5) is 5.69 Å². The van der Waals surface area contributed by atoms with Crippen LogP contribution in [-0.2, 0) is 23.4 Å². The molecule has 0 bridgehead atoms. The van der Waals surface area contributed by atoms with E-state index in [9.17, 15) is 9.90 Å². The largest absolute Gasteiger partial charge is 0.384 e. The third-order valence-corrected chi connectivity index (χ3v) is 3.09. The lowest BCUT2D eigenvalue weighted by Crippen LogP contribution is -2.19. The summed E-state index contributed by atoms with van der Waals surface area (Å²) in [6.07, 6.45) is 2.49. The Kier molecular flexibility index (Phi) is 4.37. The van der Waals surface area contributed by atoms with Crippen molar-refractivity contribution < 1.29 is 9.90 Å². The van der Waals surface area contributed by atoms with E-state index >= 15 is 0 Å². The van der Waals surface area contributed by atoms with Gasteiger partial charge >= 0.3 is 0 Å². The number of benzene rings is 1. The summed E-state index contributed by atoms with van der Waals surface area (Å²) in [5.74, 6) is -0.185. The number of rotatable bonds is 5. The lowest BCUT2D eigenvalue weighted by molar-refractivity contribution is -0.116. The molecule has 1 heterocycles. The second kappa shape index (κ2) is 6.05. The van der Waals surface area contributed by atoms with Gasteiger partial charge in [-0.2, -0.15) is 0 Å². The van der Waals surface area contributed by atoms with Crippen molar-refractivity contribution in [1.82, 2.24) is 15.0 Å². The maximum Gasteiger partial charge on any atom is 0.246 e. The van der Waals surface area contributed by atoms with Crippen molar-refractivity contribution >= 4 is 11.6 Å². The highest BCUT2D eigenvalue weighted by molar-refractivity contribution is 5.90. The Morgan fingerprint density at radius 1 is 1.43 bits per heavy atom. The highest BCUT2D eigenvalue weighted by Crippen LogP contribution is 2.15. The van der Waals surface area contributed by atoms with Crippen LogP contribution in [0.15, 0.2) is 30.5 Å². The number of carbonyl (C=O) groups is 1. The number of nitrogens with one attached hydrogen (secondary N) is 1. The molecule has 0 unspecified atom stereocenters. The molecule has 0 spiro atoms. The molecule has 2 rings (SSSR count). The Balaban J connectivity index is 2.00. The lowest BCUT2D eigenvalue weighted by atomic mass is 10.1. The first-order chi connectivity index (χ1) is 9.88. The number of anilines is 1. The molecule has 0 saturated heterocycles. The summed E-state index contributed by atoms with van der Waals surface area (Å²) in [7, 11) is 0. The first-order valence-electron chi connectivity index (χ1n) is 6.90. The Bertz CT molecular complexity index is 629. The number of hydrogen-bond donors (Lipinski definition) is 2. The number of aromatic nitrogens is 3. The van der Waals surface area contributed by atoms with Gasteiger partial charge in [0.25, 0.3) is 0 Å². The number of hydrogen-bond acceptors (Lipinski definition) is 4. The first-order valence-corrected chi connectivity index (χ1v) is 6.90. The molecule has 2 aromatic rings. The van der Waals surface area contributed by atoms with Crippen LogP contribution >= 0.6 is 0 Å². The summed E-state index contributed by atoms with van der Waals surface area (Å²) in [6.45, 7) is 5.36. The fraction of sp³-hybridized carbons (Fsp3) is 0.400. The third kappa shape index (κ3) is 4.13. The van der Waals surface area contributed by atoms with Gasteiger partial charge in [-0.3, -0.25) is 4.79 Å². The second-order valence-electron chi connectivity index (χ2n) is 5.46. The Morgan fingerprint density at radius 3 is 2.81 bits per heavy atom. The second-order valence-corrected chi connectivity index (χ2v) is 5.46. The number of aliphatic hydroxyl groups is 1. The van der Waals surface area contributed by atoms with Crippen molar-refractivity contribution in [2.45, 2.75) is 39.3 Å². The minimum atomic E-state index is -1.07. The molecule has 21 heavy (non-hydrogen) atoms. The van der Waals surface area contributed by atoms with Crippen molar-refractivity contribution in [2.24, 2.45) is 0 Å². The molecule has 0 atom stereocenters. The zero-order chi connectivity index (χ0) is 15.5. The van der Waals surface area contributed by atoms with Gasteiger partial charge in [0.2, 0.25) is 5.91 Å². The Labute approximate surface area is 123 Å². The van der Waals surface area contributed by atoms with Crippen LogP contribution in [0, 0.1) is 0 Å². The SMILES string of the molecule is CCc1cccc(NC(=O)Cn2cc(C(C)(C)O)nn2)c1. The van der Waals surface area contributed by atoms with E-state index in [2.05, 4.69) is 22.6 Å². The fourth-order valence-electron chi connectivity index (χ4n) is 1.87. The van der Waals surface area contributed by atoms with Gasteiger partial charge in [0.05, 0.1) is 6.20 Å². The quantitative estimate of drug-likeness (QED) is 0.877. The van der Waals surface area contributed by atoms with E-state index in [-0.39, 0.29) is 12.5 Å². The van der Waals surface area contributed by atoms with E-state index in [4.69, 9.17) is 0 Å². The Morgan fingerprint density at radius 2 is 2.19 bits per heavy atom. The molecule has 0 fully saturated rings. The molecule has 0 radical (unpaired) electrons. The lowest BCUT2D eigenvalue weighted by Gasteiger charge is -2.11. The molecule has 6 heteroatoms. The third-order valence-electron chi connectivity index (χ3n) is 3.09. The van der Waals surface area contributed by atoms with Gasteiger partial charge in [0, 0.05) is 5.69 Å². The van der Waals surface area contributed by atoms with Gasteiger partial charge in [-0.15, -0.1) is 5.10 Å². The van der Waals surface area contributed by atoms with Crippen molar-refractivity contribution in [3.05, 3.63) is 41.7 Å². The monoisotopic (exact) mass is 288 g/mol. The van der Waals surface area contributed by atoms with Crippen molar-refractivity contribution in [2.75, 3.05) is 5.32 Å². The molecular weight excluding hydrogens is 268 g/mol. The molecule has 2 N–H and O–H groups in total. The molecule has 0 aliphatic carbocycles. The van der Waals surface area contributed by atoms with Crippen LogP contribution in [0.25, 0.3) is 0 Å². The van der Waals surface area contributed by atoms with Gasteiger partial charge in [0.1, 0.15) is 17.8 Å². The molecule has 1 aromatic heterocycles. The molecule has 1 amide bonds. The van der Waals surface area contributed by atoms with E-state index in [1.165, 1.54) is 4.68 Å². The van der Waals surface area contributed by atoms with Gasteiger partial charge in [0.15, 0.2) is 0 Å². The van der Waals surface area contributed by atoms with Crippen LogP contribution in [-0.4, -0.2) is 26.0 Å². The van der Waals surface area contributed by atoms with E-state index in [0.29, 0.717) is 5.69 Å². The van der Waals surface area contributed by atoms with Gasteiger partial charge < -0.3 is 10.4 Å². The van der Waals surface area contributed by atoms with Crippen LogP contribution in [0.3, 0.4) is 0 Å². The highest BCUT2D eigenvalue weighted by Gasteiger charge is 2.20. The van der Waals surface area contributed by atoms with Crippen molar-refractivity contribution in [3.8, 4) is 0 Å². The molecule has 0 aliphatic rings. The van der Waals surface area contributed by atoms with E-state index in [1.807, 2.05) is 24.3 Å². The summed E-state index contributed by atoms with van der Waals surface area (Å²) in [4.78, 5) is 12.0. The van der Waals surface area contributed by atoms with Gasteiger partial charge in [-0.05, 0) is 38.0 Å². The van der Waals surface area contributed by atoms with Crippen molar-refractivity contribution in [1.29, 1.82) is 0 Å². The zero-order valence-corrected chi connectivity index (χ0v) is 12.5. The van der Waals surface area contributed by atoms with Crippen LogP contribution in [0.1, 0.15) is 32.0 Å². The van der Waals surface area contributed by atoms with Gasteiger partial charge in [-0.1, -0.05) is 24.3 Å². The first kappa shape index (κ1) is 15.2.